The van der Waals surface area contributed by atoms with E-state index in [-0.39, 0.29) is 0 Å². The maximum absolute atomic E-state index is 3.78. The number of rotatable bonds is 1. The zero-order chi connectivity index (χ0) is 14.4. The topological polar surface area (TPSA) is 12.0 Å². The first kappa shape index (κ1) is 13.1. The van der Waals surface area contributed by atoms with Gasteiger partial charge in [-0.05, 0) is 42.5 Å². The van der Waals surface area contributed by atoms with Gasteiger partial charge in [0, 0.05) is 16.1 Å². The number of halogens is 1. The minimum absolute atomic E-state index is 0.371. The first-order valence-electron chi connectivity index (χ1n) is 7.52. The molecule has 21 heavy (non-hydrogen) atoms. The Balaban J connectivity index is 1.82. The average molecular weight is 340 g/mol. The lowest BCUT2D eigenvalue weighted by molar-refractivity contribution is 0.424. The molecule has 2 aromatic carbocycles. The quantitative estimate of drug-likeness (QED) is 0.668. The van der Waals surface area contributed by atoms with Gasteiger partial charge in [-0.2, -0.15) is 0 Å². The van der Waals surface area contributed by atoms with Gasteiger partial charge in [-0.25, -0.2) is 0 Å². The Bertz CT molecular complexity index is 719. The highest BCUT2D eigenvalue weighted by Crippen LogP contribution is 2.50. The molecular weight excluding hydrogens is 322 g/mol. The van der Waals surface area contributed by atoms with Crippen molar-refractivity contribution in [3.63, 3.8) is 0 Å². The highest BCUT2D eigenvalue weighted by molar-refractivity contribution is 9.10. The van der Waals surface area contributed by atoms with Crippen molar-refractivity contribution in [1.29, 1.82) is 0 Å². The van der Waals surface area contributed by atoms with Crippen LogP contribution in [0.25, 0.3) is 0 Å². The second-order valence-corrected chi connectivity index (χ2v) is 6.94. The highest BCUT2D eigenvalue weighted by atomic mass is 79.9. The summed E-state index contributed by atoms with van der Waals surface area (Å²) in [4.78, 5) is 0. The van der Waals surface area contributed by atoms with Crippen LogP contribution >= 0.6 is 15.9 Å². The van der Waals surface area contributed by atoms with Crippen LogP contribution < -0.4 is 5.32 Å². The summed E-state index contributed by atoms with van der Waals surface area (Å²) in [6, 6.07) is 15.7. The molecule has 1 aliphatic heterocycles. The molecule has 1 nitrogen and oxygen atoms in total. The molecule has 0 fully saturated rings. The Morgan fingerprint density at radius 1 is 1.10 bits per heavy atom. The van der Waals surface area contributed by atoms with Gasteiger partial charge in [0.15, 0.2) is 0 Å². The number of fused-ring (bicyclic) bond motifs is 3. The average Bonchev–Trinajstić information content (AvgIpc) is 2.97. The number of aryl methyl sites for hydroxylation is 1. The van der Waals surface area contributed by atoms with Crippen LogP contribution in [-0.4, -0.2) is 0 Å². The third-order valence-electron chi connectivity index (χ3n) is 4.76. The molecule has 1 heterocycles. The monoisotopic (exact) mass is 339 g/mol. The standard InChI is InChI=1S/C19H18BrN/c1-12-9-10-18-16(11-12)13-6-4-7-14(13)19(21-18)15-5-2-3-8-17(15)20/h2-6,8-11,13-14,19,21H,7H2,1H3/t13-,14-,19-/m1/s1. The van der Waals surface area contributed by atoms with Crippen LogP contribution in [0.5, 0.6) is 0 Å². The molecule has 1 N–H and O–H groups in total. The third kappa shape index (κ3) is 2.13. The van der Waals surface area contributed by atoms with Crippen LogP contribution in [0, 0.1) is 12.8 Å². The van der Waals surface area contributed by atoms with Crippen molar-refractivity contribution < 1.29 is 0 Å². The fourth-order valence-corrected chi connectivity index (χ4v) is 4.28. The Hall–Kier alpha value is -1.54. The smallest absolute Gasteiger partial charge is 0.0565 e. The first-order chi connectivity index (χ1) is 10.2. The number of hydrogen-bond acceptors (Lipinski definition) is 1. The van der Waals surface area contributed by atoms with E-state index in [1.165, 1.54) is 26.9 Å². The van der Waals surface area contributed by atoms with Crippen molar-refractivity contribution in [3.05, 3.63) is 75.8 Å². The summed E-state index contributed by atoms with van der Waals surface area (Å²) in [5, 5.41) is 3.78. The molecule has 0 spiro atoms. The molecule has 0 saturated heterocycles. The van der Waals surface area contributed by atoms with Gasteiger partial charge in [0.25, 0.3) is 0 Å². The van der Waals surface area contributed by atoms with Crippen LogP contribution in [0.15, 0.2) is 59.1 Å². The molecule has 106 valence electrons. The number of anilines is 1. The molecule has 0 unspecified atom stereocenters. The fourth-order valence-electron chi connectivity index (χ4n) is 3.75. The second kappa shape index (κ2) is 5.03. The van der Waals surface area contributed by atoms with Crippen LogP contribution in [0.3, 0.4) is 0 Å². The Labute approximate surface area is 134 Å². The van der Waals surface area contributed by atoms with Gasteiger partial charge in [0.1, 0.15) is 0 Å². The van der Waals surface area contributed by atoms with E-state index < -0.39 is 0 Å². The molecule has 2 aromatic rings. The fraction of sp³-hybridized carbons (Fsp3) is 0.263. The van der Waals surface area contributed by atoms with E-state index in [2.05, 4.69) is 82.8 Å². The van der Waals surface area contributed by atoms with E-state index in [1.807, 2.05) is 0 Å². The van der Waals surface area contributed by atoms with E-state index in [0.29, 0.717) is 17.9 Å². The molecule has 2 aliphatic rings. The van der Waals surface area contributed by atoms with Crippen molar-refractivity contribution >= 4 is 21.6 Å². The molecule has 0 amide bonds. The van der Waals surface area contributed by atoms with Crippen LogP contribution in [0.2, 0.25) is 0 Å². The lowest BCUT2D eigenvalue weighted by atomic mass is 9.77. The van der Waals surface area contributed by atoms with E-state index in [4.69, 9.17) is 0 Å². The van der Waals surface area contributed by atoms with Crippen molar-refractivity contribution in [3.8, 4) is 0 Å². The molecule has 0 aromatic heterocycles. The number of nitrogens with one attached hydrogen (secondary N) is 1. The summed E-state index contributed by atoms with van der Waals surface area (Å²) in [5.41, 5.74) is 5.45. The van der Waals surface area contributed by atoms with E-state index >= 15 is 0 Å². The molecule has 2 heteroatoms. The van der Waals surface area contributed by atoms with Gasteiger partial charge in [-0.1, -0.05) is 64.0 Å². The van der Waals surface area contributed by atoms with Gasteiger partial charge in [0.05, 0.1) is 6.04 Å². The SMILES string of the molecule is Cc1ccc2c(c1)[C@@H]1C=CC[C@H]1[C@H](c1ccccc1Br)N2. The zero-order valence-electron chi connectivity index (χ0n) is 12.0. The second-order valence-electron chi connectivity index (χ2n) is 6.09. The number of allylic oxidation sites excluding steroid dienone is 2. The number of hydrogen-bond donors (Lipinski definition) is 1. The van der Waals surface area contributed by atoms with Crippen molar-refractivity contribution in [2.24, 2.45) is 5.92 Å². The molecular formula is C19H18BrN. The van der Waals surface area contributed by atoms with Gasteiger partial charge < -0.3 is 5.32 Å². The van der Waals surface area contributed by atoms with Crippen molar-refractivity contribution in [2.75, 3.05) is 5.32 Å². The summed E-state index contributed by atoms with van der Waals surface area (Å²) in [6.07, 6.45) is 5.89. The summed E-state index contributed by atoms with van der Waals surface area (Å²) in [5.74, 6) is 1.15. The molecule has 1 aliphatic carbocycles. The van der Waals surface area contributed by atoms with Crippen molar-refractivity contribution in [1.82, 2.24) is 0 Å². The van der Waals surface area contributed by atoms with E-state index in [0.717, 1.165) is 6.42 Å². The number of benzene rings is 2. The van der Waals surface area contributed by atoms with Crippen LogP contribution in [0.1, 0.15) is 35.1 Å². The molecule has 0 saturated carbocycles. The predicted molar refractivity (Wildman–Crippen MR) is 91.7 cm³/mol. The Morgan fingerprint density at radius 2 is 1.95 bits per heavy atom. The van der Waals surface area contributed by atoms with Crippen molar-refractivity contribution in [2.45, 2.75) is 25.3 Å². The maximum atomic E-state index is 3.78. The predicted octanol–water partition coefficient (Wildman–Crippen LogP) is 5.58. The Morgan fingerprint density at radius 3 is 2.81 bits per heavy atom. The van der Waals surface area contributed by atoms with E-state index in [1.54, 1.807) is 0 Å². The largest absolute Gasteiger partial charge is 0.378 e. The molecule has 0 radical (unpaired) electrons. The summed E-state index contributed by atoms with van der Waals surface area (Å²) < 4.78 is 1.20. The van der Waals surface area contributed by atoms with Gasteiger partial charge in [-0.3, -0.25) is 0 Å². The van der Waals surface area contributed by atoms with Gasteiger partial charge in [0.2, 0.25) is 0 Å². The minimum atomic E-state index is 0.371. The van der Waals surface area contributed by atoms with Gasteiger partial charge in [-0.15, -0.1) is 0 Å². The zero-order valence-corrected chi connectivity index (χ0v) is 13.6. The Kier molecular flexibility index (Phi) is 3.15. The minimum Gasteiger partial charge on any atom is -0.378 e. The maximum Gasteiger partial charge on any atom is 0.0565 e. The van der Waals surface area contributed by atoms with Gasteiger partial charge >= 0.3 is 0 Å². The van der Waals surface area contributed by atoms with E-state index in [9.17, 15) is 0 Å². The first-order valence-corrected chi connectivity index (χ1v) is 8.31. The lowest BCUT2D eigenvalue weighted by Crippen LogP contribution is -2.29. The lowest BCUT2D eigenvalue weighted by Gasteiger charge is -2.38. The van der Waals surface area contributed by atoms with Crippen LogP contribution in [0.4, 0.5) is 5.69 Å². The van der Waals surface area contributed by atoms with Crippen LogP contribution in [-0.2, 0) is 0 Å². The summed E-state index contributed by atoms with van der Waals surface area (Å²) in [6.45, 7) is 2.17. The normalized spacial score (nSPS) is 26.1. The molecule has 0 bridgehead atoms. The highest BCUT2D eigenvalue weighted by Gasteiger charge is 2.38. The summed E-state index contributed by atoms with van der Waals surface area (Å²) in [7, 11) is 0. The molecule has 4 rings (SSSR count). The third-order valence-corrected chi connectivity index (χ3v) is 5.48. The molecule has 3 atom stereocenters. The summed E-state index contributed by atoms with van der Waals surface area (Å²) >= 11 is 3.72.